The molecule has 5 rings (SSSR count). The van der Waals surface area contributed by atoms with Crippen LogP contribution in [0.25, 0.3) is 10.9 Å². The number of fused-ring (bicyclic) bond motifs is 2. The van der Waals surface area contributed by atoms with Crippen LogP contribution in [0.15, 0.2) is 48.8 Å². The molecule has 3 aromatic rings. The Morgan fingerprint density at radius 1 is 1.15 bits per heavy atom. The van der Waals surface area contributed by atoms with Gasteiger partial charge in [-0.25, -0.2) is 9.37 Å². The highest BCUT2D eigenvalue weighted by atomic mass is 19.1. The first-order valence-electron chi connectivity index (χ1n) is 11.4. The number of carbonyl (C=O) groups is 1. The summed E-state index contributed by atoms with van der Waals surface area (Å²) >= 11 is 0. The van der Waals surface area contributed by atoms with Crippen LogP contribution in [0.2, 0.25) is 0 Å². The van der Waals surface area contributed by atoms with E-state index in [2.05, 4.69) is 21.2 Å². The molecule has 1 aromatic carbocycles. The summed E-state index contributed by atoms with van der Waals surface area (Å²) in [4.78, 5) is 21.3. The van der Waals surface area contributed by atoms with Gasteiger partial charge in [0.1, 0.15) is 17.1 Å². The quantitative estimate of drug-likeness (QED) is 0.575. The highest BCUT2D eigenvalue weighted by Crippen LogP contribution is 2.55. The zero-order chi connectivity index (χ0) is 23.2. The molecule has 2 aromatic heterocycles. The van der Waals surface area contributed by atoms with Crippen LogP contribution in [0, 0.1) is 35.9 Å². The number of benzene rings is 1. The highest BCUT2D eigenvalue weighted by Gasteiger charge is 2.50. The van der Waals surface area contributed by atoms with E-state index in [9.17, 15) is 14.3 Å². The molecular formula is C27H26FN3O2. The number of nitrogens with one attached hydrogen (secondary N) is 1. The zero-order valence-electron chi connectivity index (χ0n) is 18.5. The predicted octanol–water partition coefficient (Wildman–Crippen LogP) is 4.66. The molecule has 5 nitrogen and oxygen atoms in total. The van der Waals surface area contributed by atoms with Crippen LogP contribution < -0.4 is 5.32 Å². The van der Waals surface area contributed by atoms with E-state index in [1.165, 1.54) is 12.3 Å². The third-order valence-electron chi connectivity index (χ3n) is 7.62. The number of aliphatic hydroxyl groups is 1. The Hall–Kier alpha value is -3.30. The van der Waals surface area contributed by atoms with E-state index in [0.717, 1.165) is 42.1 Å². The van der Waals surface area contributed by atoms with Gasteiger partial charge in [0.25, 0.3) is 5.91 Å². The van der Waals surface area contributed by atoms with Crippen molar-refractivity contribution in [2.45, 2.75) is 44.1 Å². The minimum absolute atomic E-state index is 0.113. The Labute approximate surface area is 192 Å². The molecule has 33 heavy (non-hydrogen) atoms. The van der Waals surface area contributed by atoms with Crippen LogP contribution in [0.3, 0.4) is 0 Å². The minimum atomic E-state index is -1.48. The normalized spacial score (nSPS) is 25.9. The Balaban J connectivity index is 1.27. The monoisotopic (exact) mass is 443 g/mol. The summed E-state index contributed by atoms with van der Waals surface area (Å²) in [7, 11) is 0. The van der Waals surface area contributed by atoms with Crippen molar-refractivity contribution >= 4 is 22.5 Å². The standard InChI is InChI=1S/C27H26FN3O2/c1-3-21-5-6-22(15-30-21)31-26(32)27(2,33)19-12-16-10-18(11-17(16)13-19)23-8-9-29-25-7-4-20(28)14-24(23)25/h1,4-9,14-19,33H,10-13H2,2H3,(H,31,32)/t16-,17+,18-,19+,27?. The molecule has 6 heteroatoms. The molecule has 0 radical (unpaired) electrons. The zero-order valence-corrected chi connectivity index (χ0v) is 18.5. The van der Waals surface area contributed by atoms with Crippen molar-refractivity contribution in [3.05, 3.63) is 65.9 Å². The first-order chi connectivity index (χ1) is 15.8. The molecule has 2 N–H and O–H groups in total. The molecule has 2 saturated carbocycles. The van der Waals surface area contributed by atoms with Crippen LogP contribution in [0.1, 0.15) is 49.8 Å². The van der Waals surface area contributed by atoms with Crippen molar-refractivity contribution in [3.63, 3.8) is 0 Å². The number of rotatable bonds is 4. The summed E-state index contributed by atoms with van der Waals surface area (Å²) in [5, 5.41) is 14.8. The third-order valence-corrected chi connectivity index (χ3v) is 7.62. The molecule has 5 atom stereocenters. The van der Waals surface area contributed by atoms with E-state index in [4.69, 9.17) is 6.42 Å². The average molecular weight is 444 g/mol. The van der Waals surface area contributed by atoms with Gasteiger partial charge in [-0.1, -0.05) is 5.92 Å². The van der Waals surface area contributed by atoms with E-state index >= 15 is 0 Å². The summed E-state index contributed by atoms with van der Waals surface area (Å²) < 4.78 is 13.9. The molecule has 2 aliphatic rings. The Morgan fingerprint density at radius 3 is 2.58 bits per heavy atom. The fraction of sp³-hybridized carbons (Fsp3) is 0.370. The second-order valence-electron chi connectivity index (χ2n) is 9.60. The maximum atomic E-state index is 13.9. The largest absolute Gasteiger partial charge is 0.380 e. The molecule has 0 spiro atoms. The maximum Gasteiger partial charge on any atom is 0.256 e. The lowest BCUT2D eigenvalue weighted by atomic mass is 9.83. The van der Waals surface area contributed by atoms with Crippen LogP contribution in [0.4, 0.5) is 10.1 Å². The summed E-state index contributed by atoms with van der Waals surface area (Å²) in [6.07, 6.45) is 12.2. The summed E-state index contributed by atoms with van der Waals surface area (Å²) in [6.45, 7) is 1.61. The Morgan fingerprint density at radius 2 is 1.91 bits per heavy atom. The number of aromatic nitrogens is 2. The Bertz CT molecular complexity index is 1230. The summed E-state index contributed by atoms with van der Waals surface area (Å²) in [5.41, 5.74) is 1.49. The van der Waals surface area contributed by atoms with Gasteiger partial charge in [0.2, 0.25) is 0 Å². The fourth-order valence-electron chi connectivity index (χ4n) is 5.82. The van der Waals surface area contributed by atoms with Crippen molar-refractivity contribution in [3.8, 4) is 12.3 Å². The average Bonchev–Trinajstić information content (AvgIpc) is 3.39. The van der Waals surface area contributed by atoms with Gasteiger partial charge in [-0.3, -0.25) is 9.78 Å². The number of pyridine rings is 2. The van der Waals surface area contributed by atoms with E-state index in [-0.39, 0.29) is 11.7 Å². The molecule has 0 aliphatic heterocycles. The van der Waals surface area contributed by atoms with Crippen molar-refractivity contribution in [2.24, 2.45) is 17.8 Å². The fourth-order valence-corrected chi connectivity index (χ4v) is 5.82. The van der Waals surface area contributed by atoms with Gasteiger partial charge in [0.15, 0.2) is 0 Å². The highest BCUT2D eigenvalue weighted by molar-refractivity contribution is 5.97. The van der Waals surface area contributed by atoms with Gasteiger partial charge in [0, 0.05) is 11.6 Å². The van der Waals surface area contributed by atoms with Gasteiger partial charge >= 0.3 is 0 Å². The second-order valence-corrected chi connectivity index (χ2v) is 9.60. The summed E-state index contributed by atoms with van der Waals surface area (Å²) in [6, 6.07) is 10.1. The number of halogens is 1. The van der Waals surface area contributed by atoms with Crippen LogP contribution in [0.5, 0.6) is 0 Å². The number of hydrogen-bond donors (Lipinski definition) is 2. The van der Waals surface area contributed by atoms with Crippen LogP contribution >= 0.6 is 0 Å². The number of amides is 1. The van der Waals surface area contributed by atoms with Crippen molar-refractivity contribution < 1.29 is 14.3 Å². The molecule has 0 bridgehead atoms. The number of nitrogens with zero attached hydrogens (tertiary/aromatic N) is 2. The molecule has 168 valence electrons. The van der Waals surface area contributed by atoms with E-state index in [0.29, 0.717) is 29.1 Å². The van der Waals surface area contributed by atoms with Crippen molar-refractivity contribution in [1.29, 1.82) is 0 Å². The van der Waals surface area contributed by atoms with Crippen molar-refractivity contribution in [2.75, 3.05) is 5.32 Å². The predicted molar refractivity (Wildman–Crippen MR) is 125 cm³/mol. The second kappa shape index (κ2) is 8.24. The molecule has 2 aliphatic carbocycles. The molecular weight excluding hydrogens is 417 g/mol. The molecule has 1 unspecified atom stereocenters. The van der Waals surface area contributed by atoms with E-state index < -0.39 is 11.5 Å². The number of hydrogen-bond acceptors (Lipinski definition) is 4. The number of anilines is 1. The molecule has 2 heterocycles. The van der Waals surface area contributed by atoms with Crippen molar-refractivity contribution in [1.82, 2.24) is 9.97 Å². The maximum absolute atomic E-state index is 13.9. The van der Waals surface area contributed by atoms with E-state index in [1.54, 1.807) is 37.4 Å². The van der Waals surface area contributed by atoms with Gasteiger partial charge in [-0.15, -0.1) is 6.42 Å². The van der Waals surface area contributed by atoms with Gasteiger partial charge in [-0.2, -0.15) is 0 Å². The minimum Gasteiger partial charge on any atom is -0.380 e. The third kappa shape index (κ3) is 3.98. The SMILES string of the molecule is C#Cc1ccc(NC(=O)C(C)(O)[C@H]2C[C@H]3C[C@@H](c4ccnc5ccc(F)cc45)C[C@H]3C2)cn1. The van der Waals surface area contributed by atoms with Gasteiger partial charge < -0.3 is 10.4 Å². The first-order valence-corrected chi connectivity index (χ1v) is 11.4. The first kappa shape index (κ1) is 21.5. The van der Waals surface area contributed by atoms with E-state index in [1.807, 2.05) is 6.07 Å². The smallest absolute Gasteiger partial charge is 0.256 e. The molecule has 0 saturated heterocycles. The Kier molecular flexibility index (Phi) is 5.38. The molecule has 2 fully saturated rings. The molecule has 1 amide bonds. The van der Waals surface area contributed by atoms with Gasteiger partial charge in [-0.05, 0) is 98.2 Å². The lowest BCUT2D eigenvalue weighted by molar-refractivity contribution is -0.137. The lowest BCUT2D eigenvalue weighted by Gasteiger charge is -2.30. The lowest BCUT2D eigenvalue weighted by Crippen LogP contribution is -2.46. The topological polar surface area (TPSA) is 75.1 Å². The van der Waals surface area contributed by atoms with Crippen LogP contribution in [-0.4, -0.2) is 26.6 Å². The summed E-state index contributed by atoms with van der Waals surface area (Å²) in [5.74, 6) is 2.87. The number of terminal acetylenes is 1. The van der Waals surface area contributed by atoms with Gasteiger partial charge in [0.05, 0.1) is 17.4 Å². The number of carbonyl (C=O) groups excluding carboxylic acids is 1. The van der Waals surface area contributed by atoms with Crippen LogP contribution in [-0.2, 0) is 4.79 Å².